The maximum absolute atomic E-state index is 10.8. The summed E-state index contributed by atoms with van der Waals surface area (Å²) in [6.07, 6.45) is 5.00. The highest BCUT2D eigenvalue weighted by atomic mass is 16.6. The zero-order chi connectivity index (χ0) is 12.6. The zero-order valence-electron chi connectivity index (χ0n) is 10.1. The minimum absolute atomic E-state index is 0.122. The molecule has 0 aliphatic carbocycles. The van der Waals surface area contributed by atoms with Gasteiger partial charge < -0.3 is 5.32 Å². The van der Waals surface area contributed by atoms with Crippen LogP contribution >= 0.6 is 0 Å². The predicted molar refractivity (Wildman–Crippen MR) is 69.6 cm³/mol. The fourth-order valence-corrected chi connectivity index (χ4v) is 3.00. The van der Waals surface area contributed by atoms with Crippen LogP contribution in [0.5, 0.6) is 0 Å². The molecule has 0 aromatic heterocycles. The number of nitrogens with one attached hydrogen (secondary N) is 1. The molecular weight excluding hydrogens is 230 g/mol. The lowest BCUT2D eigenvalue weighted by Crippen LogP contribution is -2.41. The Balaban J connectivity index is 2.06. The minimum atomic E-state index is -0.362. The number of non-ortho nitro benzene ring substituents is 1. The van der Waals surface area contributed by atoms with Crippen molar-refractivity contribution in [1.29, 1.82) is 0 Å². The van der Waals surface area contributed by atoms with Gasteiger partial charge in [-0.15, -0.1) is 0 Å². The molecule has 1 N–H and O–H groups in total. The van der Waals surface area contributed by atoms with Crippen LogP contribution < -0.4 is 5.32 Å². The summed E-state index contributed by atoms with van der Waals surface area (Å²) in [6, 6.07) is 5.09. The topological polar surface area (TPSA) is 67.5 Å². The van der Waals surface area contributed by atoms with Gasteiger partial charge in [-0.1, -0.05) is 0 Å². The number of rotatable bonds is 1. The van der Waals surface area contributed by atoms with Crippen molar-refractivity contribution in [3.05, 3.63) is 33.9 Å². The molecule has 2 heterocycles. The number of aliphatic imine (C=N–C) groups is 1. The van der Waals surface area contributed by atoms with E-state index >= 15 is 0 Å². The molecule has 18 heavy (non-hydrogen) atoms. The first-order valence-corrected chi connectivity index (χ1v) is 6.23. The highest BCUT2D eigenvalue weighted by Crippen LogP contribution is 2.44. The van der Waals surface area contributed by atoms with Gasteiger partial charge in [0.2, 0.25) is 0 Å². The van der Waals surface area contributed by atoms with Gasteiger partial charge in [0.25, 0.3) is 5.69 Å². The van der Waals surface area contributed by atoms with Crippen LogP contribution in [0.4, 0.5) is 11.4 Å². The van der Waals surface area contributed by atoms with Crippen LogP contribution in [-0.2, 0) is 5.41 Å². The third-order valence-electron chi connectivity index (χ3n) is 4.04. The van der Waals surface area contributed by atoms with Gasteiger partial charge in [-0.2, -0.15) is 0 Å². The smallest absolute Gasteiger partial charge is 0.271 e. The molecule has 1 spiro atoms. The summed E-state index contributed by atoms with van der Waals surface area (Å²) >= 11 is 0. The number of hydrogen-bond donors (Lipinski definition) is 1. The Kier molecular flexibility index (Phi) is 2.63. The number of nitrogens with zero attached hydrogens (tertiary/aromatic N) is 2. The van der Waals surface area contributed by atoms with Crippen molar-refractivity contribution in [3.8, 4) is 0 Å². The Morgan fingerprint density at radius 1 is 1.33 bits per heavy atom. The van der Waals surface area contributed by atoms with Crippen molar-refractivity contribution >= 4 is 17.6 Å². The summed E-state index contributed by atoms with van der Waals surface area (Å²) in [5.41, 5.74) is 2.21. The summed E-state index contributed by atoms with van der Waals surface area (Å²) in [4.78, 5) is 14.8. The molecule has 1 aromatic rings. The van der Waals surface area contributed by atoms with E-state index in [1.165, 1.54) is 5.56 Å². The van der Waals surface area contributed by atoms with Crippen LogP contribution in [0.25, 0.3) is 0 Å². The van der Waals surface area contributed by atoms with Crippen LogP contribution in [0.15, 0.2) is 23.2 Å². The molecule has 1 fully saturated rings. The van der Waals surface area contributed by atoms with E-state index in [0.29, 0.717) is 0 Å². The Labute approximate surface area is 105 Å². The molecule has 1 aromatic carbocycles. The Hall–Kier alpha value is -1.75. The molecule has 2 aliphatic rings. The monoisotopic (exact) mass is 245 g/mol. The molecule has 5 nitrogen and oxygen atoms in total. The zero-order valence-corrected chi connectivity index (χ0v) is 10.1. The molecule has 2 aliphatic heterocycles. The van der Waals surface area contributed by atoms with E-state index in [9.17, 15) is 10.1 Å². The van der Waals surface area contributed by atoms with Crippen molar-refractivity contribution in [1.82, 2.24) is 5.32 Å². The Morgan fingerprint density at radius 2 is 2.11 bits per heavy atom. The second-order valence-corrected chi connectivity index (χ2v) is 5.00. The Bertz CT molecular complexity index is 519. The van der Waals surface area contributed by atoms with Crippen molar-refractivity contribution in [2.45, 2.75) is 24.7 Å². The van der Waals surface area contributed by atoms with Gasteiger partial charge in [0.05, 0.1) is 10.6 Å². The van der Waals surface area contributed by atoms with Crippen molar-refractivity contribution in [2.75, 3.05) is 13.1 Å². The second kappa shape index (κ2) is 4.17. The van der Waals surface area contributed by atoms with Gasteiger partial charge in [0, 0.05) is 23.8 Å². The van der Waals surface area contributed by atoms with Crippen molar-refractivity contribution < 1.29 is 4.92 Å². The van der Waals surface area contributed by atoms with Crippen molar-refractivity contribution in [2.24, 2.45) is 4.99 Å². The quantitative estimate of drug-likeness (QED) is 0.610. The SMILES string of the molecule is O=[N+]([O-])c1ccc2c(c1)N=CCC21CCNCC1. The fraction of sp³-hybridized carbons (Fsp3) is 0.462. The molecule has 0 bridgehead atoms. The third kappa shape index (κ3) is 1.71. The first kappa shape index (κ1) is 11.3. The lowest BCUT2D eigenvalue weighted by molar-refractivity contribution is -0.384. The maximum Gasteiger partial charge on any atom is 0.271 e. The average Bonchev–Trinajstić information content (AvgIpc) is 2.39. The van der Waals surface area contributed by atoms with Crippen LogP contribution in [-0.4, -0.2) is 24.2 Å². The minimum Gasteiger partial charge on any atom is -0.317 e. The van der Waals surface area contributed by atoms with Gasteiger partial charge >= 0.3 is 0 Å². The molecule has 0 saturated carbocycles. The van der Waals surface area contributed by atoms with Crippen LogP contribution in [0, 0.1) is 10.1 Å². The van der Waals surface area contributed by atoms with Gasteiger partial charge in [0.15, 0.2) is 0 Å². The molecule has 0 radical (unpaired) electrons. The molecule has 0 amide bonds. The Morgan fingerprint density at radius 3 is 2.83 bits per heavy atom. The summed E-state index contributed by atoms with van der Waals surface area (Å²) in [5.74, 6) is 0. The number of piperidine rings is 1. The molecular formula is C13H15N3O2. The first-order chi connectivity index (χ1) is 8.71. The molecule has 1 saturated heterocycles. The van der Waals surface area contributed by atoms with Gasteiger partial charge in [-0.05, 0) is 44.0 Å². The summed E-state index contributed by atoms with van der Waals surface area (Å²) in [7, 11) is 0. The summed E-state index contributed by atoms with van der Waals surface area (Å²) in [6.45, 7) is 2.01. The fourth-order valence-electron chi connectivity index (χ4n) is 3.00. The average molecular weight is 245 g/mol. The van der Waals surface area contributed by atoms with E-state index in [1.807, 2.05) is 12.3 Å². The summed E-state index contributed by atoms with van der Waals surface area (Å²) < 4.78 is 0. The number of nitro groups is 1. The number of hydrogen-bond acceptors (Lipinski definition) is 4. The van der Waals surface area contributed by atoms with E-state index in [0.717, 1.165) is 38.0 Å². The third-order valence-corrected chi connectivity index (χ3v) is 4.04. The van der Waals surface area contributed by atoms with Crippen molar-refractivity contribution in [3.63, 3.8) is 0 Å². The molecule has 3 rings (SSSR count). The molecule has 0 unspecified atom stereocenters. The molecule has 0 atom stereocenters. The first-order valence-electron chi connectivity index (χ1n) is 6.23. The summed E-state index contributed by atoms with van der Waals surface area (Å²) in [5, 5.41) is 14.2. The second-order valence-electron chi connectivity index (χ2n) is 5.00. The largest absolute Gasteiger partial charge is 0.317 e. The number of fused-ring (bicyclic) bond motifs is 2. The predicted octanol–water partition coefficient (Wildman–Crippen LogP) is 2.32. The highest BCUT2D eigenvalue weighted by molar-refractivity contribution is 5.73. The van der Waals surface area contributed by atoms with E-state index in [1.54, 1.807) is 12.1 Å². The number of nitro benzene ring substituents is 1. The molecule has 5 heteroatoms. The van der Waals surface area contributed by atoms with Gasteiger partial charge in [0.1, 0.15) is 0 Å². The lowest BCUT2D eigenvalue weighted by Gasteiger charge is -2.39. The van der Waals surface area contributed by atoms with Crippen LogP contribution in [0.2, 0.25) is 0 Å². The van der Waals surface area contributed by atoms with E-state index < -0.39 is 0 Å². The number of benzene rings is 1. The van der Waals surface area contributed by atoms with Crippen LogP contribution in [0.1, 0.15) is 24.8 Å². The van der Waals surface area contributed by atoms with Gasteiger partial charge in [-0.25, -0.2) is 0 Å². The van der Waals surface area contributed by atoms with Crippen LogP contribution in [0.3, 0.4) is 0 Å². The standard InChI is InChI=1S/C13H15N3O2/c17-16(18)10-1-2-11-12(9-10)15-8-5-13(11)3-6-14-7-4-13/h1-2,8-9,14H,3-7H2. The normalized spacial score (nSPS) is 20.7. The van der Waals surface area contributed by atoms with Gasteiger partial charge in [-0.3, -0.25) is 15.1 Å². The highest BCUT2D eigenvalue weighted by Gasteiger charge is 2.37. The maximum atomic E-state index is 10.8. The lowest BCUT2D eigenvalue weighted by atomic mass is 9.69. The van der Waals surface area contributed by atoms with E-state index in [4.69, 9.17) is 0 Å². The van der Waals surface area contributed by atoms with E-state index in [-0.39, 0.29) is 16.0 Å². The molecule has 94 valence electrons. The van der Waals surface area contributed by atoms with E-state index in [2.05, 4.69) is 10.3 Å².